The summed E-state index contributed by atoms with van der Waals surface area (Å²) in [5.41, 5.74) is -0.846. The zero-order valence-corrected chi connectivity index (χ0v) is 39.7. The molecule has 4 rings (SSSR count). The second-order valence-corrected chi connectivity index (χ2v) is 19.2. The van der Waals surface area contributed by atoms with Gasteiger partial charge in [0.15, 0.2) is 25.2 Å². The molecule has 0 saturated carbocycles. The lowest BCUT2D eigenvalue weighted by molar-refractivity contribution is -0.364. The third kappa shape index (κ3) is 16.1. The zero-order chi connectivity index (χ0) is 49.3. The molecule has 21 heteroatoms. The maximum Gasteiger partial charge on any atom is 0.187 e. The number of ether oxygens (including phenoxy) is 8. The van der Waals surface area contributed by atoms with E-state index in [0.717, 1.165) is 89.9 Å². The summed E-state index contributed by atoms with van der Waals surface area (Å²) in [5.74, 6) is -0.652. The maximum absolute atomic E-state index is 11.4. The van der Waals surface area contributed by atoms with Crippen molar-refractivity contribution in [3.05, 3.63) is 0 Å². The summed E-state index contributed by atoms with van der Waals surface area (Å²) in [7, 11) is 0. The molecule has 396 valence electrons. The Kier molecular flexibility index (Phi) is 26.0. The van der Waals surface area contributed by atoms with Gasteiger partial charge in [-0.3, -0.25) is 0 Å². The van der Waals surface area contributed by atoms with Gasteiger partial charge in [0.1, 0.15) is 79.4 Å². The van der Waals surface area contributed by atoms with Crippen molar-refractivity contribution in [2.45, 2.75) is 240 Å². The van der Waals surface area contributed by atoms with Crippen LogP contribution in [0.1, 0.15) is 124 Å². The third-order valence-corrected chi connectivity index (χ3v) is 14.0. The molecule has 0 aliphatic carbocycles. The van der Waals surface area contributed by atoms with E-state index in [-0.39, 0.29) is 13.2 Å². The van der Waals surface area contributed by atoms with Crippen LogP contribution >= 0.6 is 0 Å². The molecule has 4 aliphatic rings. The van der Waals surface area contributed by atoms with Gasteiger partial charge in [-0.25, -0.2) is 0 Å². The van der Waals surface area contributed by atoms with Crippen LogP contribution in [0, 0.1) is 11.3 Å². The topological polar surface area (TPSA) is 337 Å². The SMILES string of the molecule is CCCCCCCCCC(CCCCCCCCC)(CO[C@H]1OC(CO)[C@H](O[C@H]2OC(CO)[C@H](C)C(O)[C@H]2O)C(O)[C@H]1O)CO[C@H]1OC(CO)[C@H](O[C@H]2OC(CO)[C@H](O)C(O)[C@H]2O)C(O)[C@H]1O. The van der Waals surface area contributed by atoms with Crippen LogP contribution in [0.4, 0.5) is 0 Å². The van der Waals surface area contributed by atoms with Crippen molar-refractivity contribution < 1.29 is 104 Å². The Bertz CT molecular complexity index is 1220. The van der Waals surface area contributed by atoms with Crippen LogP contribution in [0.25, 0.3) is 0 Å². The molecule has 0 aromatic carbocycles. The van der Waals surface area contributed by atoms with E-state index in [9.17, 15) is 66.4 Å². The first-order chi connectivity index (χ1) is 32.1. The molecule has 0 aromatic rings. The van der Waals surface area contributed by atoms with E-state index in [0.29, 0.717) is 12.8 Å². The van der Waals surface area contributed by atoms with Gasteiger partial charge < -0.3 is 104 Å². The van der Waals surface area contributed by atoms with Crippen LogP contribution in [0.5, 0.6) is 0 Å². The summed E-state index contributed by atoms with van der Waals surface area (Å²) in [6.45, 7) is 2.97. The average Bonchev–Trinajstić information content (AvgIpc) is 3.33. The lowest BCUT2D eigenvalue weighted by Crippen LogP contribution is -2.65. The molecule has 4 fully saturated rings. The van der Waals surface area contributed by atoms with E-state index in [2.05, 4.69) is 13.8 Å². The predicted octanol–water partition coefficient (Wildman–Crippen LogP) is -1.19. The molecule has 4 heterocycles. The molecule has 21 nitrogen and oxygen atoms in total. The molecule has 4 saturated heterocycles. The van der Waals surface area contributed by atoms with Crippen molar-refractivity contribution in [1.82, 2.24) is 0 Å². The molecule has 0 aromatic heterocycles. The van der Waals surface area contributed by atoms with Gasteiger partial charge in [-0.15, -0.1) is 0 Å². The molecule has 13 N–H and O–H groups in total. The smallest absolute Gasteiger partial charge is 0.187 e. The molecule has 4 aliphatic heterocycles. The molecule has 0 spiro atoms. The van der Waals surface area contributed by atoms with Gasteiger partial charge in [-0.2, -0.15) is 0 Å². The van der Waals surface area contributed by atoms with E-state index in [1.165, 1.54) is 0 Å². The second-order valence-electron chi connectivity index (χ2n) is 19.2. The number of unbranched alkanes of at least 4 members (excludes halogenated alkanes) is 12. The maximum atomic E-state index is 11.4. The fourth-order valence-corrected chi connectivity index (χ4v) is 9.48. The Hall–Kier alpha value is -0.840. The first-order valence-electron chi connectivity index (χ1n) is 24.8. The van der Waals surface area contributed by atoms with Crippen molar-refractivity contribution in [3.8, 4) is 0 Å². The van der Waals surface area contributed by atoms with E-state index in [4.69, 9.17) is 37.9 Å². The Labute approximate surface area is 394 Å². The molecular weight excluding hydrogens is 888 g/mol. The van der Waals surface area contributed by atoms with Crippen LogP contribution in [0.2, 0.25) is 0 Å². The highest BCUT2D eigenvalue weighted by Gasteiger charge is 2.53. The molecule has 0 bridgehead atoms. The molecule has 20 atom stereocenters. The quantitative estimate of drug-likeness (QED) is 0.0377. The average molecular weight is 975 g/mol. The van der Waals surface area contributed by atoms with Crippen molar-refractivity contribution in [3.63, 3.8) is 0 Å². The Morgan fingerprint density at radius 3 is 1.12 bits per heavy atom. The van der Waals surface area contributed by atoms with E-state index < -0.39 is 154 Å². The Morgan fingerprint density at radius 2 is 0.716 bits per heavy atom. The number of rotatable bonds is 30. The summed E-state index contributed by atoms with van der Waals surface area (Å²) in [6, 6.07) is 0. The first-order valence-corrected chi connectivity index (χ1v) is 24.8. The standard InChI is InChI=1S/C46H86O21/c1-4-6-8-10-12-14-16-18-46(19-17-15-13-11-9-7-5-2,24-60-42-38(58)34(54)40(29(22-49)64-42)66-44-36(56)31(51)26(3)27(20-47)62-44)25-61-43-39(59)35(55)41(30(23-50)65-43)67-45-37(57)33(53)32(52)28(21-48)63-45/h26-45,47-59H,4-25H2,1-3H3/t26-,27?,28?,29?,30?,31?,32-,33?,34?,35?,36+,37+,38+,39+,40-,41-,42-,43-,44+,45+/m0/s1. The summed E-state index contributed by atoms with van der Waals surface area (Å²) in [5, 5.41) is 138. The van der Waals surface area contributed by atoms with Crippen molar-refractivity contribution in [2.24, 2.45) is 11.3 Å². The minimum Gasteiger partial charge on any atom is -0.394 e. The van der Waals surface area contributed by atoms with Crippen LogP contribution < -0.4 is 0 Å². The second kappa shape index (κ2) is 29.6. The highest BCUT2D eigenvalue weighted by atomic mass is 16.8. The fourth-order valence-electron chi connectivity index (χ4n) is 9.48. The molecule has 67 heavy (non-hydrogen) atoms. The molecular formula is C46H86O21. The van der Waals surface area contributed by atoms with Gasteiger partial charge in [-0.05, 0) is 12.8 Å². The number of aliphatic hydroxyl groups is 13. The Morgan fingerprint density at radius 1 is 0.373 bits per heavy atom. The third-order valence-electron chi connectivity index (χ3n) is 14.0. The predicted molar refractivity (Wildman–Crippen MR) is 236 cm³/mol. The highest BCUT2D eigenvalue weighted by molar-refractivity contribution is 4.96. The lowest BCUT2D eigenvalue weighted by atomic mass is 9.79. The van der Waals surface area contributed by atoms with E-state index in [1.807, 2.05) is 0 Å². The van der Waals surface area contributed by atoms with Gasteiger partial charge in [0.05, 0.1) is 51.8 Å². The lowest BCUT2D eigenvalue weighted by Gasteiger charge is -2.47. The first kappa shape index (κ1) is 58.7. The monoisotopic (exact) mass is 975 g/mol. The largest absolute Gasteiger partial charge is 0.394 e. The molecule has 0 radical (unpaired) electrons. The van der Waals surface area contributed by atoms with Crippen LogP contribution in [-0.4, -0.2) is 223 Å². The fraction of sp³-hybridized carbons (Fsp3) is 1.00. The minimum atomic E-state index is -1.83. The van der Waals surface area contributed by atoms with Gasteiger partial charge in [-0.1, -0.05) is 111 Å². The minimum absolute atomic E-state index is 0.110. The summed E-state index contributed by atoms with van der Waals surface area (Å²) in [4.78, 5) is 0. The molecule has 0 amide bonds. The number of hydrogen-bond acceptors (Lipinski definition) is 21. The van der Waals surface area contributed by atoms with Crippen LogP contribution in [-0.2, 0) is 37.9 Å². The van der Waals surface area contributed by atoms with Crippen molar-refractivity contribution in [1.29, 1.82) is 0 Å². The van der Waals surface area contributed by atoms with Crippen molar-refractivity contribution in [2.75, 3.05) is 39.6 Å². The normalized spacial score (nSPS) is 39.8. The van der Waals surface area contributed by atoms with E-state index in [1.54, 1.807) is 6.92 Å². The molecule has 8 unspecified atom stereocenters. The van der Waals surface area contributed by atoms with Gasteiger partial charge >= 0.3 is 0 Å². The van der Waals surface area contributed by atoms with Gasteiger partial charge in [0.25, 0.3) is 0 Å². The highest BCUT2D eigenvalue weighted by Crippen LogP contribution is 2.38. The van der Waals surface area contributed by atoms with Crippen molar-refractivity contribution >= 4 is 0 Å². The Balaban J connectivity index is 1.54. The van der Waals surface area contributed by atoms with Gasteiger partial charge in [0.2, 0.25) is 0 Å². The van der Waals surface area contributed by atoms with Gasteiger partial charge in [0, 0.05) is 11.3 Å². The number of aliphatic hydroxyl groups excluding tert-OH is 13. The van der Waals surface area contributed by atoms with E-state index >= 15 is 0 Å². The summed E-state index contributed by atoms with van der Waals surface area (Å²) in [6.07, 6.45) is -14.3. The summed E-state index contributed by atoms with van der Waals surface area (Å²) < 4.78 is 47.4. The van der Waals surface area contributed by atoms with Crippen LogP contribution in [0.3, 0.4) is 0 Å². The zero-order valence-electron chi connectivity index (χ0n) is 39.7. The number of hydrogen-bond donors (Lipinski definition) is 13. The van der Waals surface area contributed by atoms with Crippen LogP contribution in [0.15, 0.2) is 0 Å². The summed E-state index contributed by atoms with van der Waals surface area (Å²) >= 11 is 0.